The van der Waals surface area contributed by atoms with Gasteiger partial charge in [0.25, 0.3) is 0 Å². The number of hydrogen-bond acceptors (Lipinski definition) is 9. The first-order valence-corrected chi connectivity index (χ1v) is 11.6. The third-order valence-electron chi connectivity index (χ3n) is 7.03. The maximum Gasteiger partial charge on any atom is 0.225 e. The molecule has 0 bridgehead atoms. The highest BCUT2D eigenvalue weighted by molar-refractivity contribution is 5.79. The summed E-state index contributed by atoms with van der Waals surface area (Å²) in [7, 11) is 1.77. The van der Waals surface area contributed by atoms with Gasteiger partial charge in [0, 0.05) is 51.8 Å². The predicted molar refractivity (Wildman–Crippen MR) is 130 cm³/mol. The summed E-state index contributed by atoms with van der Waals surface area (Å²) in [5, 5.41) is 10.8. The monoisotopic (exact) mass is 467 g/mol. The van der Waals surface area contributed by atoms with Crippen molar-refractivity contribution in [3.63, 3.8) is 0 Å². The Labute approximate surface area is 203 Å². The van der Waals surface area contributed by atoms with Crippen molar-refractivity contribution in [1.29, 1.82) is 5.26 Å². The van der Waals surface area contributed by atoms with Crippen molar-refractivity contribution in [2.45, 2.75) is 30.6 Å². The molecule has 0 aliphatic carbocycles. The number of hydrogen-bond donors (Lipinski definition) is 1. The van der Waals surface area contributed by atoms with Gasteiger partial charge in [0.15, 0.2) is 0 Å². The average molecular weight is 468 g/mol. The van der Waals surface area contributed by atoms with Gasteiger partial charge in [-0.1, -0.05) is 18.2 Å². The van der Waals surface area contributed by atoms with Crippen molar-refractivity contribution in [1.82, 2.24) is 15.0 Å². The van der Waals surface area contributed by atoms with Crippen molar-refractivity contribution in [2.75, 3.05) is 25.0 Å². The number of nitrogens with two attached hydrogens (primary N) is 1. The van der Waals surface area contributed by atoms with Gasteiger partial charge in [0.1, 0.15) is 11.4 Å². The van der Waals surface area contributed by atoms with Gasteiger partial charge in [-0.05, 0) is 41.5 Å². The van der Waals surface area contributed by atoms with Crippen molar-refractivity contribution < 1.29 is 9.57 Å². The molecule has 6 rings (SSSR count). The van der Waals surface area contributed by atoms with E-state index < -0.39 is 11.3 Å². The molecular weight excluding hydrogens is 442 g/mol. The number of nitrogens with zero attached hydrogens (tertiary/aromatic N) is 6. The highest BCUT2D eigenvalue weighted by Crippen LogP contribution is 2.52. The highest BCUT2D eigenvalue weighted by atomic mass is 16.7. The molecule has 2 spiro atoms. The molecule has 3 aliphatic heterocycles. The number of anilines is 1. The number of aliphatic imine (C=N–C) groups is 1. The van der Waals surface area contributed by atoms with E-state index in [1.165, 1.54) is 5.06 Å². The average Bonchev–Trinajstić information content (AvgIpc) is 3.17. The van der Waals surface area contributed by atoms with Crippen LogP contribution >= 0.6 is 0 Å². The molecule has 35 heavy (non-hydrogen) atoms. The Morgan fingerprint density at radius 1 is 1.03 bits per heavy atom. The lowest BCUT2D eigenvalue weighted by atomic mass is 9.78. The summed E-state index contributed by atoms with van der Waals surface area (Å²) in [6.07, 6.45) is 5.63. The predicted octanol–water partition coefficient (Wildman–Crippen LogP) is 3.18. The molecule has 4 heterocycles. The Balaban J connectivity index is 1.37. The largest absolute Gasteiger partial charge is 0.486 e. The van der Waals surface area contributed by atoms with Crippen LogP contribution in [-0.2, 0) is 10.6 Å². The summed E-state index contributed by atoms with van der Waals surface area (Å²) in [4.78, 5) is 22.1. The van der Waals surface area contributed by atoms with Crippen LogP contribution in [0.3, 0.4) is 0 Å². The molecule has 1 aromatic heterocycles. The third-order valence-corrected chi connectivity index (χ3v) is 7.03. The quantitative estimate of drug-likeness (QED) is 0.611. The lowest BCUT2D eigenvalue weighted by Gasteiger charge is -2.48. The molecule has 1 saturated heterocycles. The summed E-state index contributed by atoms with van der Waals surface area (Å²) in [5.41, 5.74) is 8.13. The fraction of sp³-hybridized carbons (Fsp3) is 0.308. The summed E-state index contributed by atoms with van der Waals surface area (Å²) < 4.78 is 6.71. The van der Waals surface area contributed by atoms with Gasteiger partial charge in [-0.15, -0.1) is 0 Å². The maximum atomic E-state index is 9.32. The van der Waals surface area contributed by atoms with Gasteiger partial charge in [-0.25, -0.2) is 24.9 Å². The molecule has 3 aliphatic rings. The Morgan fingerprint density at radius 2 is 1.80 bits per heavy atom. The van der Waals surface area contributed by atoms with Gasteiger partial charge >= 0.3 is 0 Å². The Kier molecular flexibility index (Phi) is 4.86. The summed E-state index contributed by atoms with van der Waals surface area (Å²) in [6, 6.07) is 17.6. The van der Waals surface area contributed by atoms with E-state index in [-0.39, 0.29) is 0 Å². The van der Waals surface area contributed by atoms with Gasteiger partial charge in [-0.2, -0.15) is 5.26 Å². The second-order valence-electron chi connectivity index (χ2n) is 9.24. The Bertz CT molecular complexity index is 1350. The first kappa shape index (κ1) is 21.4. The van der Waals surface area contributed by atoms with Crippen LogP contribution < -0.4 is 15.4 Å². The third kappa shape index (κ3) is 3.63. The van der Waals surface area contributed by atoms with E-state index in [1.54, 1.807) is 25.5 Å². The van der Waals surface area contributed by atoms with E-state index in [9.17, 15) is 5.26 Å². The van der Waals surface area contributed by atoms with Crippen molar-refractivity contribution in [3.8, 4) is 22.9 Å². The van der Waals surface area contributed by atoms with Crippen LogP contribution in [0.2, 0.25) is 0 Å². The van der Waals surface area contributed by atoms with Crippen molar-refractivity contribution >= 4 is 11.9 Å². The Morgan fingerprint density at radius 3 is 2.51 bits per heavy atom. The smallest absolute Gasteiger partial charge is 0.225 e. The standard InChI is InChI=1S/C26H25N7O2/c1-32-23(28)31-26(35-32)17-25(8-12-33(13-9-25)24-29-10-3-11-30-24)34-22-7-6-20(15-21(22)26)19-5-2-4-18(14-19)16-27/h2-7,10-11,14-15H,8-9,12-13,17H2,1H3,(H2,28,31). The number of rotatable bonds is 2. The van der Waals surface area contributed by atoms with Gasteiger partial charge in [-0.3, -0.25) is 0 Å². The van der Waals surface area contributed by atoms with E-state index in [0.29, 0.717) is 17.9 Å². The molecule has 9 nitrogen and oxygen atoms in total. The highest BCUT2D eigenvalue weighted by Gasteiger charge is 2.55. The normalized spacial score (nSPS) is 22.5. The topological polar surface area (TPSA) is 113 Å². The van der Waals surface area contributed by atoms with Crippen LogP contribution in [0, 0.1) is 11.3 Å². The first-order valence-electron chi connectivity index (χ1n) is 11.6. The zero-order valence-electron chi connectivity index (χ0n) is 19.4. The second kappa shape index (κ2) is 7.96. The molecule has 9 heteroatoms. The number of aromatic nitrogens is 2. The molecule has 0 saturated carbocycles. The van der Waals surface area contributed by atoms with Gasteiger partial charge < -0.3 is 15.4 Å². The number of piperidine rings is 1. The number of hydroxylamine groups is 2. The van der Waals surface area contributed by atoms with E-state index in [1.807, 2.05) is 42.5 Å². The minimum Gasteiger partial charge on any atom is -0.486 e. The molecule has 176 valence electrons. The number of fused-ring (bicyclic) bond motifs is 2. The molecule has 0 radical (unpaired) electrons. The summed E-state index contributed by atoms with van der Waals surface area (Å²) >= 11 is 0. The van der Waals surface area contributed by atoms with E-state index >= 15 is 0 Å². The van der Waals surface area contributed by atoms with Crippen LogP contribution in [-0.4, -0.2) is 46.7 Å². The van der Waals surface area contributed by atoms with E-state index in [2.05, 4.69) is 20.9 Å². The molecule has 2 N–H and O–H groups in total. The fourth-order valence-electron chi connectivity index (χ4n) is 5.25. The van der Waals surface area contributed by atoms with Crippen LogP contribution in [0.1, 0.15) is 30.4 Å². The lowest BCUT2D eigenvalue weighted by molar-refractivity contribution is -0.206. The molecule has 2 aromatic carbocycles. The lowest BCUT2D eigenvalue weighted by Crippen LogP contribution is -2.54. The molecule has 0 amide bonds. The molecule has 1 fully saturated rings. The van der Waals surface area contributed by atoms with E-state index in [4.69, 9.17) is 20.3 Å². The first-order chi connectivity index (χ1) is 17.0. The number of ether oxygens (including phenoxy) is 1. The Hall–Kier alpha value is -4.16. The molecule has 3 aromatic rings. The van der Waals surface area contributed by atoms with Crippen LogP contribution in [0.15, 0.2) is 65.9 Å². The minimum atomic E-state index is -0.972. The minimum absolute atomic E-state index is 0.333. The summed E-state index contributed by atoms with van der Waals surface area (Å²) in [5.74, 6) is 1.81. The molecular formula is C26H25N7O2. The number of nitriles is 1. The summed E-state index contributed by atoms with van der Waals surface area (Å²) in [6.45, 7) is 1.53. The van der Waals surface area contributed by atoms with Crippen LogP contribution in [0.5, 0.6) is 5.75 Å². The van der Waals surface area contributed by atoms with Crippen LogP contribution in [0.4, 0.5) is 5.95 Å². The fourth-order valence-corrected chi connectivity index (χ4v) is 5.25. The van der Waals surface area contributed by atoms with E-state index in [0.717, 1.165) is 54.3 Å². The number of guanidine groups is 1. The van der Waals surface area contributed by atoms with Crippen molar-refractivity contribution in [3.05, 3.63) is 72.1 Å². The van der Waals surface area contributed by atoms with Crippen LogP contribution in [0.25, 0.3) is 11.1 Å². The number of benzene rings is 2. The SMILES string of the molecule is CN1OC2(CC3(CCN(c4ncccn4)CC3)Oc3ccc(-c4cccc(C#N)c4)cc32)N=C1N. The molecule has 1 atom stereocenters. The molecule has 1 unspecified atom stereocenters. The van der Waals surface area contributed by atoms with Crippen molar-refractivity contribution in [2.24, 2.45) is 10.7 Å². The zero-order chi connectivity index (χ0) is 24.0. The van der Waals surface area contributed by atoms with Gasteiger partial charge in [0.05, 0.1) is 17.2 Å². The maximum absolute atomic E-state index is 9.32. The second-order valence-corrected chi connectivity index (χ2v) is 9.24. The zero-order valence-corrected chi connectivity index (χ0v) is 19.4. The van der Waals surface area contributed by atoms with Gasteiger partial charge in [0.2, 0.25) is 17.6 Å².